The van der Waals surface area contributed by atoms with Gasteiger partial charge in [-0.05, 0) is 43.5 Å². The van der Waals surface area contributed by atoms with Crippen molar-refractivity contribution in [1.29, 1.82) is 0 Å². The quantitative estimate of drug-likeness (QED) is 0.845. The summed E-state index contributed by atoms with van der Waals surface area (Å²) >= 11 is 5.67. The molecule has 3 rings (SSSR count). The van der Waals surface area contributed by atoms with Crippen molar-refractivity contribution in [1.82, 2.24) is 14.9 Å². The number of aromatic nitrogens is 2. The van der Waals surface area contributed by atoms with Crippen LogP contribution >= 0.6 is 11.6 Å². The van der Waals surface area contributed by atoms with Crippen LogP contribution in [0.1, 0.15) is 35.3 Å². The molecular weight excluding hydrogens is 369 g/mol. The lowest BCUT2D eigenvalue weighted by molar-refractivity contribution is -0.136. The van der Waals surface area contributed by atoms with E-state index in [1.54, 1.807) is 4.90 Å². The third kappa shape index (κ3) is 4.24. The van der Waals surface area contributed by atoms with Gasteiger partial charge < -0.3 is 10.2 Å². The molecular formula is C17H16ClF3N4O. The first kappa shape index (κ1) is 18.4. The van der Waals surface area contributed by atoms with Crippen LogP contribution < -0.4 is 5.32 Å². The molecule has 0 bridgehead atoms. The molecule has 2 heterocycles. The van der Waals surface area contributed by atoms with E-state index in [2.05, 4.69) is 15.3 Å². The first-order chi connectivity index (χ1) is 12.3. The van der Waals surface area contributed by atoms with Crippen LogP contribution in [0.25, 0.3) is 0 Å². The highest BCUT2D eigenvalue weighted by molar-refractivity contribution is 6.30. The van der Waals surface area contributed by atoms with Gasteiger partial charge in [-0.3, -0.25) is 4.79 Å². The third-order valence-corrected chi connectivity index (χ3v) is 4.29. The lowest BCUT2D eigenvalue weighted by atomic mass is 10.1. The lowest BCUT2D eigenvalue weighted by Crippen LogP contribution is -2.36. The summed E-state index contributed by atoms with van der Waals surface area (Å²) in [4.78, 5) is 22.2. The molecule has 1 saturated heterocycles. The molecule has 1 amide bonds. The van der Waals surface area contributed by atoms with Crippen molar-refractivity contribution < 1.29 is 18.0 Å². The standard InChI is InChI=1S/C17H16ClF3N4O/c18-11-4-5-13(12(10-11)17(19,20)21)23-16-22-7-6-14(24-16)15(26)25-8-2-1-3-9-25/h4-7,10H,1-3,8-9H2,(H,22,23,24). The zero-order chi connectivity index (χ0) is 18.7. The average molecular weight is 385 g/mol. The zero-order valence-electron chi connectivity index (χ0n) is 13.7. The van der Waals surface area contributed by atoms with Gasteiger partial charge in [-0.15, -0.1) is 0 Å². The zero-order valence-corrected chi connectivity index (χ0v) is 14.4. The summed E-state index contributed by atoms with van der Waals surface area (Å²) in [7, 11) is 0. The number of halogens is 4. The van der Waals surface area contributed by atoms with Crippen molar-refractivity contribution in [2.24, 2.45) is 0 Å². The first-order valence-electron chi connectivity index (χ1n) is 8.11. The van der Waals surface area contributed by atoms with Gasteiger partial charge in [0, 0.05) is 24.3 Å². The van der Waals surface area contributed by atoms with E-state index in [1.165, 1.54) is 24.4 Å². The lowest BCUT2D eigenvalue weighted by Gasteiger charge is -2.26. The van der Waals surface area contributed by atoms with Gasteiger partial charge in [0.15, 0.2) is 0 Å². The number of hydrogen-bond acceptors (Lipinski definition) is 4. The van der Waals surface area contributed by atoms with Gasteiger partial charge in [-0.2, -0.15) is 13.2 Å². The molecule has 0 atom stereocenters. The molecule has 0 unspecified atom stereocenters. The SMILES string of the molecule is O=C(c1ccnc(Nc2ccc(Cl)cc2C(F)(F)F)n1)N1CCCCC1. The van der Waals surface area contributed by atoms with Crippen LogP contribution in [0.5, 0.6) is 0 Å². The number of nitrogens with zero attached hydrogens (tertiary/aromatic N) is 3. The van der Waals surface area contributed by atoms with Crippen LogP contribution in [0.4, 0.5) is 24.8 Å². The van der Waals surface area contributed by atoms with Crippen molar-refractivity contribution in [2.45, 2.75) is 25.4 Å². The summed E-state index contributed by atoms with van der Waals surface area (Å²) in [6.45, 7) is 1.31. The van der Waals surface area contributed by atoms with E-state index in [9.17, 15) is 18.0 Å². The van der Waals surface area contributed by atoms with Crippen molar-refractivity contribution in [3.8, 4) is 0 Å². The summed E-state index contributed by atoms with van der Waals surface area (Å²) in [6.07, 6.45) is -0.301. The molecule has 0 aliphatic carbocycles. The average Bonchev–Trinajstić information content (AvgIpc) is 2.63. The maximum Gasteiger partial charge on any atom is 0.418 e. The number of carbonyl (C=O) groups is 1. The Kier molecular flexibility index (Phi) is 5.31. The summed E-state index contributed by atoms with van der Waals surface area (Å²) in [6, 6.07) is 4.82. The van der Waals surface area contributed by atoms with E-state index in [-0.39, 0.29) is 28.3 Å². The van der Waals surface area contributed by atoms with E-state index in [0.29, 0.717) is 13.1 Å². The van der Waals surface area contributed by atoms with Crippen LogP contribution in [0, 0.1) is 0 Å². The number of likely N-dealkylation sites (tertiary alicyclic amines) is 1. The number of hydrogen-bond donors (Lipinski definition) is 1. The van der Waals surface area contributed by atoms with Gasteiger partial charge in [-0.25, -0.2) is 9.97 Å². The van der Waals surface area contributed by atoms with E-state index >= 15 is 0 Å². The number of alkyl halides is 3. The Morgan fingerprint density at radius 1 is 1.15 bits per heavy atom. The monoisotopic (exact) mass is 384 g/mol. The molecule has 138 valence electrons. The minimum atomic E-state index is -4.59. The van der Waals surface area contributed by atoms with Crippen molar-refractivity contribution in [3.63, 3.8) is 0 Å². The normalized spacial score (nSPS) is 15.0. The Hall–Kier alpha value is -2.35. The van der Waals surface area contributed by atoms with Gasteiger partial charge >= 0.3 is 6.18 Å². The Labute approximate surface area is 153 Å². The highest BCUT2D eigenvalue weighted by Gasteiger charge is 2.34. The molecule has 1 fully saturated rings. The first-order valence-corrected chi connectivity index (χ1v) is 8.48. The minimum Gasteiger partial charge on any atom is -0.337 e. The highest BCUT2D eigenvalue weighted by atomic mass is 35.5. The molecule has 1 N–H and O–H groups in total. The summed E-state index contributed by atoms with van der Waals surface area (Å²) in [5.74, 6) is -0.331. The van der Waals surface area contributed by atoms with E-state index in [1.807, 2.05) is 0 Å². The number of rotatable bonds is 3. The van der Waals surface area contributed by atoms with Gasteiger partial charge in [0.05, 0.1) is 11.3 Å². The van der Waals surface area contributed by atoms with Gasteiger partial charge in [0.25, 0.3) is 5.91 Å². The number of nitrogens with one attached hydrogen (secondary N) is 1. The number of piperidine rings is 1. The predicted octanol–water partition coefficient (Wildman–Crippen LogP) is 4.52. The molecule has 26 heavy (non-hydrogen) atoms. The topological polar surface area (TPSA) is 58.1 Å². The predicted molar refractivity (Wildman–Crippen MR) is 91.5 cm³/mol. The molecule has 0 spiro atoms. The Balaban J connectivity index is 1.84. The second kappa shape index (κ2) is 7.49. The molecule has 2 aromatic rings. The maximum atomic E-state index is 13.2. The third-order valence-electron chi connectivity index (χ3n) is 4.05. The number of amides is 1. The van der Waals surface area contributed by atoms with Gasteiger partial charge in [0.1, 0.15) is 5.69 Å². The van der Waals surface area contributed by atoms with Crippen molar-refractivity contribution in [3.05, 3.63) is 46.7 Å². The Bertz CT molecular complexity index is 807. The molecule has 0 saturated carbocycles. The molecule has 1 aromatic carbocycles. The Morgan fingerprint density at radius 3 is 2.58 bits per heavy atom. The van der Waals surface area contributed by atoms with Crippen LogP contribution in [0.2, 0.25) is 5.02 Å². The molecule has 5 nitrogen and oxygen atoms in total. The smallest absolute Gasteiger partial charge is 0.337 e. The van der Waals surface area contributed by atoms with Crippen molar-refractivity contribution in [2.75, 3.05) is 18.4 Å². The number of carbonyl (C=O) groups excluding carboxylic acids is 1. The summed E-state index contributed by atoms with van der Waals surface area (Å²) < 4.78 is 39.5. The van der Waals surface area contributed by atoms with Gasteiger partial charge in [-0.1, -0.05) is 11.6 Å². The van der Waals surface area contributed by atoms with Crippen molar-refractivity contribution >= 4 is 29.1 Å². The fourth-order valence-corrected chi connectivity index (χ4v) is 2.95. The van der Waals surface area contributed by atoms with Crippen LogP contribution in [-0.4, -0.2) is 33.9 Å². The molecule has 1 aliphatic rings. The maximum absolute atomic E-state index is 13.2. The molecule has 1 aliphatic heterocycles. The fraction of sp³-hybridized carbons (Fsp3) is 0.353. The van der Waals surface area contributed by atoms with Crippen LogP contribution in [0.15, 0.2) is 30.5 Å². The molecule has 1 aromatic heterocycles. The Morgan fingerprint density at radius 2 is 1.88 bits per heavy atom. The number of benzene rings is 1. The summed E-state index contributed by atoms with van der Waals surface area (Å²) in [5, 5.41) is 2.50. The second-order valence-electron chi connectivity index (χ2n) is 5.93. The van der Waals surface area contributed by atoms with E-state index < -0.39 is 11.7 Å². The highest BCUT2D eigenvalue weighted by Crippen LogP contribution is 2.37. The van der Waals surface area contributed by atoms with Crippen LogP contribution in [0.3, 0.4) is 0 Å². The second-order valence-corrected chi connectivity index (χ2v) is 6.37. The molecule has 9 heteroatoms. The minimum absolute atomic E-state index is 0.0298. The van der Waals surface area contributed by atoms with Crippen LogP contribution in [-0.2, 0) is 6.18 Å². The number of anilines is 2. The van der Waals surface area contributed by atoms with Gasteiger partial charge in [0.2, 0.25) is 5.95 Å². The van der Waals surface area contributed by atoms with E-state index in [4.69, 9.17) is 11.6 Å². The fourth-order valence-electron chi connectivity index (χ4n) is 2.78. The summed E-state index contributed by atoms with van der Waals surface area (Å²) in [5.41, 5.74) is -1.02. The molecule has 0 radical (unpaired) electrons. The largest absolute Gasteiger partial charge is 0.418 e. The van der Waals surface area contributed by atoms with E-state index in [0.717, 1.165) is 25.3 Å².